The molecule has 2 N–H and O–H groups in total. The van der Waals surface area contributed by atoms with Crippen molar-refractivity contribution in [2.24, 2.45) is 5.92 Å². The summed E-state index contributed by atoms with van der Waals surface area (Å²) in [5.74, 6) is -0.255. The lowest BCUT2D eigenvalue weighted by Gasteiger charge is -2.36. The van der Waals surface area contributed by atoms with E-state index in [2.05, 4.69) is 9.88 Å². The SMILES string of the molecule is Cc1noc(C)c1S(=O)(=O)Nc1ccc2c(c1)C(=O)N([C@@H](C)CO)C[C@H](C)[C@H](CN(C)C(=O)Cc1ccccc1)OCCCC[C@@H](C)O2. The summed E-state index contributed by atoms with van der Waals surface area (Å²) in [7, 11) is -2.33. The molecule has 2 amide bonds. The molecule has 12 nitrogen and oxygen atoms in total. The number of sulfonamides is 1. The number of hydrogen-bond donors (Lipinski definition) is 2. The van der Waals surface area contributed by atoms with Crippen molar-refractivity contribution in [3.8, 4) is 5.75 Å². The van der Waals surface area contributed by atoms with Crippen molar-refractivity contribution in [2.45, 2.75) is 83.4 Å². The lowest BCUT2D eigenvalue weighted by Crippen LogP contribution is -2.48. The van der Waals surface area contributed by atoms with Crippen molar-refractivity contribution in [1.82, 2.24) is 15.0 Å². The second-order valence-electron chi connectivity index (χ2n) is 12.7. The van der Waals surface area contributed by atoms with Crippen LogP contribution in [0.5, 0.6) is 5.75 Å². The van der Waals surface area contributed by atoms with Crippen LogP contribution in [0, 0.1) is 19.8 Å². The molecule has 0 radical (unpaired) electrons. The van der Waals surface area contributed by atoms with E-state index in [9.17, 15) is 23.1 Å². The van der Waals surface area contributed by atoms with Crippen LogP contribution in [0.3, 0.4) is 0 Å². The van der Waals surface area contributed by atoms with E-state index in [0.29, 0.717) is 25.3 Å². The zero-order valence-electron chi connectivity index (χ0n) is 28.6. The van der Waals surface area contributed by atoms with Crippen molar-refractivity contribution in [3.05, 3.63) is 71.1 Å². The Morgan fingerprint density at radius 3 is 2.54 bits per heavy atom. The third kappa shape index (κ3) is 9.36. The summed E-state index contributed by atoms with van der Waals surface area (Å²) in [5, 5.41) is 14.0. The van der Waals surface area contributed by atoms with E-state index in [1.54, 1.807) is 35.9 Å². The number of nitrogens with zero attached hydrogens (tertiary/aromatic N) is 3. The molecule has 0 saturated heterocycles. The van der Waals surface area contributed by atoms with Crippen LogP contribution < -0.4 is 9.46 Å². The Hall–Kier alpha value is -3.94. The number of hydrogen-bond acceptors (Lipinski definition) is 9. The van der Waals surface area contributed by atoms with Crippen molar-refractivity contribution < 1.29 is 37.1 Å². The maximum atomic E-state index is 14.4. The normalized spacial score (nSPS) is 20.3. The summed E-state index contributed by atoms with van der Waals surface area (Å²) in [6, 6.07) is 13.6. The number of anilines is 1. The number of carbonyl (C=O) groups excluding carboxylic acids is 2. The van der Waals surface area contributed by atoms with Gasteiger partial charge in [-0.15, -0.1) is 0 Å². The molecule has 2 aromatic carbocycles. The number of aliphatic hydroxyl groups excluding tert-OH is 1. The molecule has 4 atom stereocenters. The summed E-state index contributed by atoms with van der Waals surface area (Å²) in [5.41, 5.74) is 1.45. The number of amides is 2. The van der Waals surface area contributed by atoms with Gasteiger partial charge in [0.25, 0.3) is 15.9 Å². The molecular formula is C35H48N4O8S. The minimum absolute atomic E-state index is 0.0421. The fourth-order valence-electron chi connectivity index (χ4n) is 5.79. The largest absolute Gasteiger partial charge is 0.490 e. The van der Waals surface area contributed by atoms with Gasteiger partial charge < -0.3 is 28.9 Å². The molecule has 0 fully saturated rings. The van der Waals surface area contributed by atoms with Gasteiger partial charge in [-0.25, -0.2) is 8.42 Å². The first kappa shape index (κ1) is 36.9. The molecule has 13 heteroatoms. The van der Waals surface area contributed by atoms with Crippen LogP contribution in [0.2, 0.25) is 0 Å². The molecule has 2 heterocycles. The highest BCUT2D eigenvalue weighted by Gasteiger charge is 2.32. The predicted molar refractivity (Wildman–Crippen MR) is 181 cm³/mol. The standard InChI is InChI=1S/C35H48N4O8S/c1-23-20-39(24(2)22-40)35(42)30-19-29(37-48(43,44)34-26(4)36-47-27(34)5)15-16-31(30)46-25(3)12-10-11-17-45-32(23)21-38(6)33(41)18-28-13-8-7-9-14-28/h7-9,13-16,19,23-25,32,37,40H,10-12,17-18,20-22H2,1-6H3/t23-,24-,25+,32-/m0/s1. The lowest BCUT2D eigenvalue weighted by molar-refractivity contribution is -0.131. The number of fused-ring (bicyclic) bond motifs is 1. The molecule has 0 unspecified atom stereocenters. The summed E-state index contributed by atoms with van der Waals surface area (Å²) >= 11 is 0. The van der Waals surface area contributed by atoms with Crippen LogP contribution in [0.1, 0.15) is 67.4 Å². The highest BCUT2D eigenvalue weighted by Crippen LogP contribution is 2.30. The Balaban J connectivity index is 1.64. The summed E-state index contributed by atoms with van der Waals surface area (Å²) < 4.78 is 46.9. The number of rotatable bonds is 9. The number of nitrogens with one attached hydrogen (secondary N) is 1. The highest BCUT2D eigenvalue weighted by atomic mass is 32.2. The Bertz CT molecular complexity index is 1630. The van der Waals surface area contributed by atoms with E-state index in [4.69, 9.17) is 14.0 Å². The third-order valence-electron chi connectivity index (χ3n) is 8.62. The Morgan fingerprint density at radius 2 is 1.88 bits per heavy atom. The quantitative estimate of drug-likeness (QED) is 0.330. The molecule has 1 aliphatic rings. The van der Waals surface area contributed by atoms with Crippen molar-refractivity contribution in [2.75, 3.05) is 38.1 Å². The second-order valence-corrected chi connectivity index (χ2v) is 14.3. The first-order chi connectivity index (χ1) is 22.8. The summed E-state index contributed by atoms with van der Waals surface area (Å²) in [6.45, 7) is 9.39. The molecule has 48 heavy (non-hydrogen) atoms. The minimum Gasteiger partial charge on any atom is -0.490 e. The monoisotopic (exact) mass is 684 g/mol. The number of likely N-dealkylation sites (N-methyl/N-ethyl adjacent to an activating group) is 1. The Morgan fingerprint density at radius 1 is 1.15 bits per heavy atom. The zero-order valence-corrected chi connectivity index (χ0v) is 29.5. The molecule has 1 aromatic heterocycles. The van der Waals surface area contributed by atoms with Crippen molar-refractivity contribution in [3.63, 3.8) is 0 Å². The van der Waals surface area contributed by atoms with Crippen LogP contribution in [-0.4, -0.2) is 91.9 Å². The van der Waals surface area contributed by atoms with Crippen molar-refractivity contribution >= 4 is 27.5 Å². The van der Waals surface area contributed by atoms with E-state index >= 15 is 0 Å². The van der Waals surface area contributed by atoms with Crippen LogP contribution in [0.15, 0.2) is 57.9 Å². The number of aliphatic hydroxyl groups is 1. The number of benzene rings is 2. The number of aryl methyl sites for hydroxylation is 2. The van der Waals surface area contributed by atoms with Crippen LogP contribution in [-0.2, 0) is 26.0 Å². The van der Waals surface area contributed by atoms with Gasteiger partial charge in [0.1, 0.15) is 11.4 Å². The number of carbonyl (C=O) groups is 2. The molecular weight excluding hydrogens is 636 g/mol. The maximum absolute atomic E-state index is 14.4. The first-order valence-corrected chi connectivity index (χ1v) is 17.9. The van der Waals surface area contributed by atoms with Gasteiger partial charge in [-0.2, -0.15) is 0 Å². The van der Waals surface area contributed by atoms with Gasteiger partial charge in [0, 0.05) is 38.3 Å². The topological polar surface area (TPSA) is 152 Å². The van der Waals surface area contributed by atoms with E-state index in [-0.39, 0.29) is 71.2 Å². The summed E-state index contributed by atoms with van der Waals surface area (Å²) in [6.07, 6.45) is 1.93. The van der Waals surface area contributed by atoms with E-state index < -0.39 is 22.0 Å². The van der Waals surface area contributed by atoms with Gasteiger partial charge in [-0.05, 0) is 70.7 Å². The average Bonchev–Trinajstić information content (AvgIpc) is 3.40. The molecule has 3 aromatic rings. The highest BCUT2D eigenvalue weighted by molar-refractivity contribution is 7.92. The van der Waals surface area contributed by atoms with E-state index in [0.717, 1.165) is 18.4 Å². The summed E-state index contributed by atoms with van der Waals surface area (Å²) in [4.78, 5) is 30.7. The van der Waals surface area contributed by atoms with Gasteiger partial charge in [-0.1, -0.05) is 42.4 Å². The lowest BCUT2D eigenvalue weighted by atomic mass is 10.0. The maximum Gasteiger partial charge on any atom is 0.267 e. The third-order valence-corrected chi connectivity index (χ3v) is 10.2. The van der Waals surface area contributed by atoms with Crippen LogP contribution in [0.4, 0.5) is 5.69 Å². The average molecular weight is 685 g/mol. The minimum atomic E-state index is -4.08. The van der Waals surface area contributed by atoms with Gasteiger partial charge in [0.2, 0.25) is 5.91 Å². The second kappa shape index (κ2) is 16.4. The van der Waals surface area contributed by atoms with Gasteiger partial charge in [0.15, 0.2) is 10.7 Å². The van der Waals surface area contributed by atoms with Crippen LogP contribution >= 0.6 is 0 Å². The van der Waals surface area contributed by atoms with E-state index in [1.165, 1.54) is 19.9 Å². The number of aromatic nitrogens is 1. The van der Waals surface area contributed by atoms with Gasteiger partial charge >= 0.3 is 0 Å². The molecule has 0 bridgehead atoms. The smallest absolute Gasteiger partial charge is 0.267 e. The van der Waals surface area contributed by atoms with Gasteiger partial charge in [0.05, 0.1) is 36.8 Å². The number of ether oxygens (including phenoxy) is 2. The Kier molecular flexibility index (Phi) is 12.6. The van der Waals surface area contributed by atoms with Crippen molar-refractivity contribution in [1.29, 1.82) is 0 Å². The zero-order chi connectivity index (χ0) is 35.0. The molecule has 0 saturated carbocycles. The fraction of sp³-hybridized carbons (Fsp3) is 0.514. The molecule has 262 valence electrons. The van der Waals surface area contributed by atoms with Gasteiger partial charge in [-0.3, -0.25) is 14.3 Å². The van der Waals surface area contributed by atoms with Crippen LogP contribution in [0.25, 0.3) is 0 Å². The fourth-order valence-corrected chi connectivity index (χ4v) is 7.17. The Labute approximate surface area is 283 Å². The molecule has 1 aliphatic heterocycles. The van der Waals surface area contributed by atoms with E-state index in [1.807, 2.05) is 44.2 Å². The molecule has 0 spiro atoms. The first-order valence-electron chi connectivity index (χ1n) is 16.4. The molecule has 0 aliphatic carbocycles. The predicted octanol–water partition coefficient (Wildman–Crippen LogP) is 4.59. The molecule has 4 rings (SSSR count).